The fourth-order valence-corrected chi connectivity index (χ4v) is 9.27. The Morgan fingerprint density at radius 2 is 2.00 bits per heavy atom. The number of anilines is 1. The molecule has 11 heteroatoms. The number of hydrogen-bond acceptors (Lipinski definition) is 8. The minimum atomic E-state index is -0.423. The van der Waals surface area contributed by atoms with Crippen LogP contribution in [0.3, 0.4) is 0 Å². The van der Waals surface area contributed by atoms with Crippen molar-refractivity contribution >= 4 is 40.0 Å². The molecule has 1 amide bonds. The fourth-order valence-electron chi connectivity index (χ4n) is 7.14. The van der Waals surface area contributed by atoms with Crippen molar-refractivity contribution in [3.8, 4) is 5.75 Å². The van der Waals surface area contributed by atoms with E-state index in [-0.39, 0.29) is 30.1 Å². The second-order valence-corrected chi connectivity index (χ2v) is 13.7. The van der Waals surface area contributed by atoms with Gasteiger partial charge >= 0.3 is 5.97 Å². The van der Waals surface area contributed by atoms with E-state index in [1.165, 1.54) is 62.0 Å². The van der Waals surface area contributed by atoms with E-state index in [4.69, 9.17) is 9.47 Å². The van der Waals surface area contributed by atoms with Crippen molar-refractivity contribution in [3.05, 3.63) is 51.9 Å². The monoisotopic (exact) mass is 612 g/mol. The normalized spacial score (nSPS) is 21.9. The summed E-state index contributed by atoms with van der Waals surface area (Å²) in [5, 5.41) is 13.1. The van der Waals surface area contributed by atoms with Crippen molar-refractivity contribution in [3.63, 3.8) is 0 Å². The number of methoxy groups -OCH3 is 1. The number of para-hydroxylation sites is 1. The number of fused-ring (bicyclic) bond motifs is 3. The second-order valence-electron chi connectivity index (χ2n) is 11.7. The van der Waals surface area contributed by atoms with Gasteiger partial charge in [-0.3, -0.25) is 9.36 Å². The number of aromatic nitrogens is 3. The molecule has 2 aromatic heterocycles. The molecule has 0 saturated heterocycles. The van der Waals surface area contributed by atoms with Gasteiger partial charge in [-0.25, -0.2) is 9.18 Å². The van der Waals surface area contributed by atoms with Crippen LogP contribution in [-0.4, -0.2) is 39.5 Å². The Morgan fingerprint density at radius 1 is 1.17 bits per heavy atom. The third kappa shape index (κ3) is 5.95. The number of aryl methyl sites for hydroxylation is 1. The molecular formula is C31H37FN4O4S2. The summed E-state index contributed by atoms with van der Waals surface area (Å²) >= 11 is 2.81. The Kier molecular flexibility index (Phi) is 8.85. The van der Waals surface area contributed by atoms with Gasteiger partial charge in [0.25, 0.3) is 0 Å². The molecule has 3 aromatic rings. The molecule has 4 atom stereocenters. The van der Waals surface area contributed by atoms with E-state index < -0.39 is 11.8 Å². The lowest BCUT2D eigenvalue weighted by Crippen LogP contribution is -2.25. The average Bonchev–Trinajstić information content (AvgIpc) is 3.76. The zero-order valence-corrected chi connectivity index (χ0v) is 25.7. The highest BCUT2D eigenvalue weighted by molar-refractivity contribution is 7.99. The summed E-state index contributed by atoms with van der Waals surface area (Å²) in [4.78, 5) is 27.1. The van der Waals surface area contributed by atoms with Crippen molar-refractivity contribution in [1.29, 1.82) is 0 Å². The number of rotatable bonds is 10. The molecule has 2 bridgehead atoms. The molecule has 0 unspecified atom stereocenters. The summed E-state index contributed by atoms with van der Waals surface area (Å²) in [6.45, 7) is 2.28. The largest absolute Gasteiger partial charge is 0.483 e. The summed E-state index contributed by atoms with van der Waals surface area (Å²) in [6.07, 6.45) is 9.99. The summed E-state index contributed by atoms with van der Waals surface area (Å²) in [7, 11) is 1.38. The highest BCUT2D eigenvalue weighted by Crippen LogP contribution is 2.52. The van der Waals surface area contributed by atoms with Crippen molar-refractivity contribution in [2.75, 3.05) is 18.2 Å². The van der Waals surface area contributed by atoms with Crippen LogP contribution in [-0.2, 0) is 29.0 Å². The molecule has 0 aliphatic heterocycles. The number of thioether (sulfide) groups is 1. The second kappa shape index (κ2) is 12.8. The molecule has 2 saturated carbocycles. The lowest BCUT2D eigenvalue weighted by molar-refractivity contribution is -0.113. The van der Waals surface area contributed by atoms with Gasteiger partial charge in [0.1, 0.15) is 11.6 Å². The van der Waals surface area contributed by atoms with Crippen LogP contribution in [0.4, 0.5) is 9.39 Å². The quantitative estimate of drug-likeness (QED) is 0.152. The molecule has 1 aromatic carbocycles. The smallest absolute Gasteiger partial charge is 0.341 e. The lowest BCUT2D eigenvalue weighted by atomic mass is 9.84. The zero-order chi connectivity index (χ0) is 29.2. The maximum absolute atomic E-state index is 14.2. The number of benzene rings is 1. The number of carbonyl (C=O) groups is 2. The summed E-state index contributed by atoms with van der Waals surface area (Å²) < 4.78 is 27.2. The Bertz CT molecular complexity index is 1460. The van der Waals surface area contributed by atoms with Gasteiger partial charge in [-0.05, 0) is 87.3 Å². The molecule has 224 valence electrons. The highest BCUT2D eigenvalue weighted by Gasteiger charge is 2.43. The molecule has 2 fully saturated rings. The van der Waals surface area contributed by atoms with E-state index in [0.717, 1.165) is 48.5 Å². The molecule has 2 heterocycles. The maximum atomic E-state index is 14.2. The van der Waals surface area contributed by atoms with E-state index >= 15 is 0 Å². The van der Waals surface area contributed by atoms with Crippen molar-refractivity contribution in [2.45, 2.75) is 82.5 Å². The van der Waals surface area contributed by atoms with Gasteiger partial charge in [0.2, 0.25) is 5.91 Å². The third-order valence-electron chi connectivity index (χ3n) is 9.14. The van der Waals surface area contributed by atoms with E-state index in [9.17, 15) is 14.0 Å². The van der Waals surface area contributed by atoms with Gasteiger partial charge < -0.3 is 14.8 Å². The predicted octanol–water partition coefficient (Wildman–Crippen LogP) is 6.84. The SMILES string of the molecule is COC(=O)c1c(NC(=O)CSc2nnc(COc3ccccc3F)n2[C@H](C)[C@@H]2C[C@@H]3CC[C@@H]2C3)sc2c1CCCCC2. The Balaban J connectivity index is 1.19. The zero-order valence-electron chi connectivity index (χ0n) is 24.1. The van der Waals surface area contributed by atoms with Gasteiger partial charge in [0, 0.05) is 10.9 Å². The molecule has 0 radical (unpaired) electrons. The van der Waals surface area contributed by atoms with E-state index in [0.29, 0.717) is 33.4 Å². The Morgan fingerprint density at radius 3 is 2.76 bits per heavy atom. The first kappa shape index (κ1) is 29.2. The number of thiophene rings is 1. The van der Waals surface area contributed by atoms with Gasteiger partial charge in [-0.2, -0.15) is 0 Å². The molecular weight excluding hydrogens is 575 g/mol. The molecule has 3 aliphatic carbocycles. The van der Waals surface area contributed by atoms with Crippen molar-refractivity contribution in [2.24, 2.45) is 17.8 Å². The number of nitrogens with zero attached hydrogens (tertiary/aromatic N) is 3. The number of nitrogens with one attached hydrogen (secondary N) is 1. The summed E-state index contributed by atoms with van der Waals surface area (Å²) in [5.74, 6) is 1.82. The first-order valence-corrected chi connectivity index (χ1v) is 16.7. The third-order valence-corrected chi connectivity index (χ3v) is 11.3. The minimum absolute atomic E-state index is 0.0785. The van der Waals surface area contributed by atoms with Crippen LogP contribution in [0.25, 0.3) is 0 Å². The summed E-state index contributed by atoms with van der Waals surface area (Å²) in [5.41, 5.74) is 1.52. The summed E-state index contributed by atoms with van der Waals surface area (Å²) in [6, 6.07) is 6.46. The van der Waals surface area contributed by atoms with E-state index in [2.05, 4.69) is 27.0 Å². The van der Waals surface area contributed by atoms with Crippen LogP contribution in [0.2, 0.25) is 0 Å². The first-order chi connectivity index (χ1) is 20.4. The molecule has 6 rings (SSSR count). The lowest BCUT2D eigenvalue weighted by Gasteiger charge is -2.30. The first-order valence-electron chi connectivity index (χ1n) is 14.9. The Hall–Kier alpha value is -2.92. The number of ether oxygens (including phenoxy) is 2. The van der Waals surface area contributed by atoms with Crippen LogP contribution in [0.1, 0.15) is 84.5 Å². The minimum Gasteiger partial charge on any atom is -0.483 e. The van der Waals surface area contributed by atoms with E-state index in [1.807, 2.05) is 0 Å². The Labute approximate surface area is 253 Å². The van der Waals surface area contributed by atoms with Gasteiger partial charge in [0.05, 0.1) is 18.4 Å². The van der Waals surface area contributed by atoms with Crippen molar-refractivity contribution in [1.82, 2.24) is 14.8 Å². The molecule has 1 N–H and O–H groups in total. The maximum Gasteiger partial charge on any atom is 0.341 e. The van der Waals surface area contributed by atoms with Crippen molar-refractivity contribution < 1.29 is 23.5 Å². The fraction of sp³-hybridized carbons (Fsp3) is 0.548. The van der Waals surface area contributed by atoms with Crippen LogP contribution in [0.5, 0.6) is 5.75 Å². The van der Waals surface area contributed by atoms with Gasteiger partial charge in [-0.15, -0.1) is 21.5 Å². The number of carbonyl (C=O) groups excluding carboxylic acids is 2. The molecule has 3 aliphatic rings. The number of esters is 1. The van der Waals surface area contributed by atoms with Crippen LogP contribution < -0.4 is 10.1 Å². The van der Waals surface area contributed by atoms with E-state index in [1.54, 1.807) is 18.2 Å². The van der Waals surface area contributed by atoms with Gasteiger partial charge in [-0.1, -0.05) is 36.7 Å². The topological polar surface area (TPSA) is 95.3 Å². The molecule has 42 heavy (non-hydrogen) atoms. The molecule has 0 spiro atoms. The molecule has 8 nitrogen and oxygen atoms in total. The van der Waals surface area contributed by atoms with Crippen LogP contribution in [0, 0.1) is 23.6 Å². The standard InChI is InChI=1S/C31H37FN4O4S2/c1-18(22-15-19-12-13-20(22)14-19)36-26(16-40-24-10-7-6-9-23(24)32)34-35-31(36)41-17-27(37)33-29-28(30(38)39-2)21-8-4-3-5-11-25(21)42-29/h6-7,9-10,18-20,22H,3-5,8,11-17H2,1-2H3,(H,33,37)/t18-,19-,20-,22+/m1/s1. The van der Waals surface area contributed by atoms with Gasteiger partial charge in [0.15, 0.2) is 22.5 Å². The number of hydrogen-bond donors (Lipinski definition) is 1. The van der Waals surface area contributed by atoms with Crippen LogP contribution in [0.15, 0.2) is 29.4 Å². The number of amides is 1. The predicted molar refractivity (Wildman–Crippen MR) is 161 cm³/mol. The average molecular weight is 613 g/mol. The number of halogens is 1. The van der Waals surface area contributed by atoms with Crippen LogP contribution >= 0.6 is 23.1 Å². The highest BCUT2D eigenvalue weighted by atomic mass is 32.2.